The Balaban J connectivity index is 1.63. The first-order valence-electron chi connectivity index (χ1n) is 7.65. The summed E-state index contributed by atoms with van der Waals surface area (Å²) < 4.78 is 39.2. The average Bonchev–Trinajstić information content (AvgIpc) is 2.56. The van der Waals surface area contributed by atoms with Crippen molar-refractivity contribution in [3.05, 3.63) is 47.5 Å². The molecule has 0 atom stereocenters. The fourth-order valence-corrected chi connectivity index (χ4v) is 2.81. The Morgan fingerprint density at radius 1 is 0.958 bits per heavy atom. The standard InChI is InChI=1S/C16H18F3N5/c17-16(18,19)13-4-2-1-3-12(13)11-23-7-9-24(10-8-23)15-6-5-14(20)21-22-15/h1-6H,7-11H2,(H2,20,21). The molecule has 2 aromatic rings. The molecule has 1 aliphatic heterocycles. The van der Waals surface area contributed by atoms with Crippen molar-refractivity contribution in [2.45, 2.75) is 12.7 Å². The third-order valence-electron chi connectivity index (χ3n) is 4.08. The van der Waals surface area contributed by atoms with Gasteiger partial charge in [0.15, 0.2) is 5.82 Å². The van der Waals surface area contributed by atoms with E-state index in [1.54, 1.807) is 24.3 Å². The van der Waals surface area contributed by atoms with Crippen LogP contribution in [0.5, 0.6) is 0 Å². The lowest BCUT2D eigenvalue weighted by molar-refractivity contribution is -0.138. The molecule has 24 heavy (non-hydrogen) atoms. The fraction of sp³-hybridized carbons (Fsp3) is 0.375. The molecule has 1 aliphatic rings. The predicted octanol–water partition coefficient (Wildman–Crippen LogP) is 2.40. The minimum absolute atomic E-state index is 0.289. The zero-order valence-corrected chi connectivity index (χ0v) is 13.0. The highest BCUT2D eigenvalue weighted by Crippen LogP contribution is 2.32. The number of anilines is 2. The maximum Gasteiger partial charge on any atom is 0.416 e. The first kappa shape index (κ1) is 16.5. The third-order valence-corrected chi connectivity index (χ3v) is 4.08. The van der Waals surface area contributed by atoms with Crippen LogP contribution >= 0.6 is 0 Å². The van der Waals surface area contributed by atoms with Crippen LogP contribution in [0.15, 0.2) is 36.4 Å². The number of piperazine rings is 1. The molecule has 0 radical (unpaired) electrons. The summed E-state index contributed by atoms with van der Waals surface area (Å²) in [6, 6.07) is 9.23. The van der Waals surface area contributed by atoms with Crippen molar-refractivity contribution in [3.8, 4) is 0 Å². The van der Waals surface area contributed by atoms with Crippen LogP contribution in [0.1, 0.15) is 11.1 Å². The van der Waals surface area contributed by atoms with Gasteiger partial charge in [-0.05, 0) is 23.8 Å². The quantitative estimate of drug-likeness (QED) is 0.932. The van der Waals surface area contributed by atoms with E-state index in [1.807, 2.05) is 4.90 Å². The van der Waals surface area contributed by atoms with Gasteiger partial charge < -0.3 is 10.6 Å². The summed E-state index contributed by atoms with van der Waals surface area (Å²) in [6.45, 7) is 2.99. The second-order valence-corrected chi connectivity index (χ2v) is 5.73. The molecule has 0 aliphatic carbocycles. The number of hydrogen-bond acceptors (Lipinski definition) is 5. The van der Waals surface area contributed by atoms with Crippen LogP contribution < -0.4 is 10.6 Å². The zero-order chi connectivity index (χ0) is 17.2. The van der Waals surface area contributed by atoms with Gasteiger partial charge in [-0.1, -0.05) is 18.2 Å². The van der Waals surface area contributed by atoms with Crippen molar-refractivity contribution in [2.24, 2.45) is 0 Å². The van der Waals surface area contributed by atoms with Crippen LogP contribution in [0, 0.1) is 0 Å². The van der Waals surface area contributed by atoms with Crippen molar-refractivity contribution < 1.29 is 13.2 Å². The molecule has 2 heterocycles. The zero-order valence-electron chi connectivity index (χ0n) is 13.0. The number of nitrogens with two attached hydrogens (primary N) is 1. The Morgan fingerprint density at radius 3 is 2.29 bits per heavy atom. The van der Waals surface area contributed by atoms with Gasteiger partial charge in [0.2, 0.25) is 0 Å². The molecule has 5 nitrogen and oxygen atoms in total. The van der Waals surface area contributed by atoms with Gasteiger partial charge in [0, 0.05) is 32.7 Å². The summed E-state index contributed by atoms with van der Waals surface area (Å²) in [5.74, 6) is 1.10. The molecular weight excluding hydrogens is 319 g/mol. The average molecular weight is 337 g/mol. The molecule has 1 fully saturated rings. The lowest BCUT2D eigenvalue weighted by Gasteiger charge is -2.35. The highest BCUT2D eigenvalue weighted by atomic mass is 19.4. The molecular formula is C16H18F3N5. The molecule has 1 saturated heterocycles. The second-order valence-electron chi connectivity index (χ2n) is 5.73. The third kappa shape index (κ3) is 3.76. The number of aromatic nitrogens is 2. The van der Waals surface area contributed by atoms with Crippen LogP contribution in [0.3, 0.4) is 0 Å². The van der Waals surface area contributed by atoms with Crippen LogP contribution in [-0.4, -0.2) is 41.3 Å². The topological polar surface area (TPSA) is 58.3 Å². The molecule has 1 aromatic heterocycles. The molecule has 2 N–H and O–H groups in total. The number of halogens is 3. The Labute approximate surface area is 137 Å². The van der Waals surface area contributed by atoms with E-state index < -0.39 is 11.7 Å². The Morgan fingerprint density at radius 2 is 1.67 bits per heavy atom. The summed E-state index contributed by atoms with van der Waals surface area (Å²) in [5.41, 5.74) is 5.27. The minimum Gasteiger partial charge on any atom is -0.382 e. The highest BCUT2D eigenvalue weighted by molar-refractivity contribution is 5.41. The van der Waals surface area contributed by atoms with Crippen molar-refractivity contribution in [2.75, 3.05) is 36.8 Å². The molecule has 0 unspecified atom stereocenters. The Kier molecular flexibility index (Phi) is 4.57. The molecule has 3 rings (SSSR count). The molecule has 128 valence electrons. The normalized spacial score (nSPS) is 16.4. The summed E-state index contributed by atoms with van der Waals surface area (Å²) in [5, 5.41) is 7.87. The van der Waals surface area contributed by atoms with Crippen molar-refractivity contribution >= 4 is 11.6 Å². The van der Waals surface area contributed by atoms with E-state index in [0.29, 0.717) is 37.6 Å². The van der Waals surface area contributed by atoms with Crippen molar-refractivity contribution in [1.82, 2.24) is 15.1 Å². The number of alkyl halides is 3. The molecule has 0 spiro atoms. The first-order chi connectivity index (χ1) is 11.4. The largest absolute Gasteiger partial charge is 0.416 e. The number of nitrogen functional groups attached to an aromatic ring is 1. The maximum atomic E-state index is 13.1. The van der Waals surface area contributed by atoms with Gasteiger partial charge in [-0.2, -0.15) is 13.2 Å². The Bertz CT molecular complexity index is 679. The van der Waals surface area contributed by atoms with Crippen LogP contribution in [0.4, 0.5) is 24.8 Å². The van der Waals surface area contributed by atoms with E-state index in [1.165, 1.54) is 6.07 Å². The van der Waals surface area contributed by atoms with Crippen LogP contribution in [0.2, 0.25) is 0 Å². The maximum absolute atomic E-state index is 13.1. The second kappa shape index (κ2) is 6.64. The van der Waals surface area contributed by atoms with E-state index in [0.717, 1.165) is 11.9 Å². The van der Waals surface area contributed by atoms with Gasteiger partial charge in [-0.3, -0.25) is 4.90 Å². The summed E-state index contributed by atoms with van der Waals surface area (Å²) >= 11 is 0. The summed E-state index contributed by atoms with van der Waals surface area (Å²) in [4.78, 5) is 4.07. The molecule has 0 saturated carbocycles. The number of benzene rings is 1. The molecule has 0 bridgehead atoms. The van der Waals surface area contributed by atoms with Gasteiger partial charge in [0.05, 0.1) is 5.56 Å². The van der Waals surface area contributed by atoms with Crippen molar-refractivity contribution in [1.29, 1.82) is 0 Å². The van der Waals surface area contributed by atoms with E-state index in [2.05, 4.69) is 15.1 Å². The minimum atomic E-state index is -4.32. The number of rotatable bonds is 3. The first-order valence-corrected chi connectivity index (χ1v) is 7.65. The lowest BCUT2D eigenvalue weighted by atomic mass is 10.1. The van der Waals surface area contributed by atoms with Gasteiger partial charge in [-0.15, -0.1) is 10.2 Å². The number of hydrogen-bond donors (Lipinski definition) is 1. The van der Waals surface area contributed by atoms with E-state index in [4.69, 9.17) is 5.73 Å². The number of nitrogens with zero attached hydrogens (tertiary/aromatic N) is 4. The monoisotopic (exact) mass is 337 g/mol. The molecule has 0 amide bonds. The Hall–Kier alpha value is -2.35. The molecule has 8 heteroatoms. The summed E-state index contributed by atoms with van der Waals surface area (Å²) in [7, 11) is 0. The predicted molar refractivity (Wildman–Crippen MR) is 85.4 cm³/mol. The van der Waals surface area contributed by atoms with Gasteiger partial charge in [-0.25, -0.2) is 0 Å². The van der Waals surface area contributed by atoms with Crippen LogP contribution in [0.25, 0.3) is 0 Å². The fourth-order valence-electron chi connectivity index (χ4n) is 2.81. The smallest absolute Gasteiger partial charge is 0.382 e. The van der Waals surface area contributed by atoms with Gasteiger partial charge >= 0.3 is 6.18 Å². The van der Waals surface area contributed by atoms with E-state index in [9.17, 15) is 13.2 Å². The summed E-state index contributed by atoms with van der Waals surface area (Å²) in [6.07, 6.45) is -4.32. The van der Waals surface area contributed by atoms with E-state index >= 15 is 0 Å². The lowest BCUT2D eigenvalue weighted by Crippen LogP contribution is -2.46. The van der Waals surface area contributed by atoms with Crippen LogP contribution in [-0.2, 0) is 12.7 Å². The van der Waals surface area contributed by atoms with Crippen molar-refractivity contribution in [3.63, 3.8) is 0 Å². The SMILES string of the molecule is Nc1ccc(N2CCN(Cc3ccccc3C(F)(F)F)CC2)nn1. The molecule has 1 aromatic carbocycles. The highest BCUT2D eigenvalue weighted by Gasteiger charge is 2.33. The van der Waals surface area contributed by atoms with Gasteiger partial charge in [0.1, 0.15) is 5.82 Å². The van der Waals surface area contributed by atoms with Gasteiger partial charge in [0.25, 0.3) is 0 Å². The van der Waals surface area contributed by atoms with E-state index in [-0.39, 0.29) is 6.54 Å².